The smallest absolute Gasteiger partial charge is 0.0407 e. The van der Waals surface area contributed by atoms with E-state index in [1.807, 2.05) is 0 Å². The summed E-state index contributed by atoms with van der Waals surface area (Å²) in [7, 11) is 0. The van der Waals surface area contributed by atoms with E-state index < -0.39 is 0 Å². The summed E-state index contributed by atoms with van der Waals surface area (Å²) in [5.74, 6) is 0.709. The minimum Gasteiger partial charge on any atom is -0.126 e. The van der Waals surface area contributed by atoms with Crippen LogP contribution in [0.5, 0.6) is 0 Å². The summed E-state index contributed by atoms with van der Waals surface area (Å²) >= 11 is 11.3. The summed E-state index contributed by atoms with van der Waals surface area (Å²) in [5, 5.41) is 0.352. The molecule has 1 aliphatic rings. The van der Waals surface area contributed by atoms with Crippen LogP contribution in [0.25, 0.3) is 0 Å². The van der Waals surface area contributed by atoms with Crippen molar-refractivity contribution in [2.75, 3.05) is 5.88 Å². The van der Waals surface area contributed by atoms with Gasteiger partial charge in [0.25, 0.3) is 0 Å². The number of halogens is 2. The van der Waals surface area contributed by atoms with Crippen molar-refractivity contribution in [1.82, 2.24) is 0 Å². The van der Waals surface area contributed by atoms with Crippen LogP contribution in [0.1, 0.15) is 13.3 Å². The molecule has 1 rings (SSSR count). The molecule has 0 aromatic carbocycles. The third-order valence-corrected chi connectivity index (χ3v) is 2.84. The maximum atomic E-state index is 5.71. The number of alkyl halides is 2. The van der Waals surface area contributed by atoms with Gasteiger partial charge in [-0.1, -0.05) is 6.92 Å². The molecule has 2 atom stereocenters. The lowest BCUT2D eigenvalue weighted by atomic mass is 10.2. The highest BCUT2D eigenvalue weighted by Crippen LogP contribution is 2.50. The van der Waals surface area contributed by atoms with Crippen LogP contribution in [0.3, 0.4) is 0 Å². The summed E-state index contributed by atoms with van der Waals surface area (Å²) in [4.78, 5) is 0. The van der Waals surface area contributed by atoms with E-state index >= 15 is 0 Å². The third kappa shape index (κ3) is 0.872. The van der Waals surface area contributed by atoms with E-state index in [1.165, 1.54) is 0 Å². The standard InChI is InChI=1S/C5H8Cl2/c1-5(3-6)2-4(5)7/h4H,2-3H2,1H3. The molecule has 0 spiro atoms. The van der Waals surface area contributed by atoms with Gasteiger partial charge in [0.15, 0.2) is 0 Å². The molecule has 0 aliphatic heterocycles. The van der Waals surface area contributed by atoms with Crippen LogP contribution >= 0.6 is 23.2 Å². The average Bonchev–Trinajstić information content (AvgIpc) is 2.18. The zero-order valence-electron chi connectivity index (χ0n) is 4.25. The maximum absolute atomic E-state index is 5.71. The van der Waals surface area contributed by atoms with Crippen LogP contribution < -0.4 is 0 Å². The first-order valence-corrected chi connectivity index (χ1v) is 3.36. The molecular weight excluding hydrogens is 131 g/mol. The first-order chi connectivity index (χ1) is 3.19. The largest absolute Gasteiger partial charge is 0.126 e. The second kappa shape index (κ2) is 1.53. The van der Waals surface area contributed by atoms with Crippen molar-refractivity contribution in [2.45, 2.75) is 18.7 Å². The van der Waals surface area contributed by atoms with Gasteiger partial charge in [-0.15, -0.1) is 23.2 Å². The maximum Gasteiger partial charge on any atom is 0.0407 e. The molecule has 0 radical (unpaired) electrons. The Kier molecular flexibility index (Phi) is 1.25. The van der Waals surface area contributed by atoms with E-state index in [2.05, 4.69) is 6.92 Å². The summed E-state index contributed by atoms with van der Waals surface area (Å²) in [5.41, 5.74) is 0.281. The minimum absolute atomic E-state index is 0.281. The molecule has 0 saturated heterocycles. The Hall–Kier alpha value is 0.580. The predicted octanol–water partition coefficient (Wildman–Crippen LogP) is 2.24. The molecule has 1 fully saturated rings. The molecule has 2 heteroatoms. The fourth-order valence-corrected chi connectivity index (χ4v) is 1.29. The quantitative estimate of drug-likeness (QED) is 0.488. The van der Waals surface area contributed by atoms with Gasteiger partial charge < -0.3 is 0 Å². The Morgan fingerprint density at radius 1 is 1.86 bits per heavy atom. The second-order valence-electron chi connectivity index (χ2n) is 2.46. The van der Waals surface area contributed by atoms with Crippen molar-refractivity contribution < 1.29 is 0 Å². The van der Waals surface area contributed by atoms with Crippen molar-refractivity contribution in [2.24, 2.45) is 5.41 Å². The monoisotopic (exact) mass is 138 g/mol. The number of hydrogen-bond donors (Lipinski definition) is 0. The average molecular weight is 139 g/mol. The first-order valence-electron chi connectivity index (χ1n) is 2.39. The first kappa shape index (κ1) is 5.71. The van der Waals surface area contributed by atoms with E-state index in [1.54, 1.807) is 0 Å². The summed E-state index contributed by atoms with van der Waals surface area (Å²) in [6.07, 6.45) is 1.10. The van der Waals surface area contributed by atoms with Crippen LogP contribution in [-0.4, -0.2) is 11.3 Å². The molecule has 7 heavy (non-hydrogen) atoms. The van der Waals surface area contributed by atoms with E-state index in [0.717, 1.165) is 6.42 Å². The molecule has 1 aliphatic carbocycles. The molecule has 0 aromatic heterocycles. The molecule has 0 amide bonds. The minimum atomic E-state index is 0.281. The van der Waals surface area contributed by atoms with Crippen molar-refractivity contribution in [3.63, 3.8) is 0 Å². The fourth-order valence-electron chi connectivity index (χ4n) is 0.489. The van der Waals surface area contributed by atoms with Crippen molar-refractivity contribution in [1.29, 1.82) is 0 Å². The molecule has 0 nitrogen and oxygen atoms in total. The van der Waals surface area contributed by atoms with Crippen molar-refractivity contribution in [3.8, 4) is 0 Å². The lowest BCUT2D eigenvalue weighted by Crippen LogP contribution is -1.97. The third-order valence-electron chi connectivity index (χ3n) is 1.55. The van der Waals surface area contributed by atoms with Gasteiger partial charge in [-0.25, -0.2) is 0 Å². The molecule has 0 bridgehead atoms. The molecular formula is C5H8Cl2. The summed E-state index contributed by atoms with van der Waals surface area (Å²) < 4.78 is 0. The lowest BCUT2D eigenvalue weighted by molar-refractivity contribution is 0.664. The molecule has 0 heterocycles. The van der Waals surface area contributed by atoms with Crippen LogP contribution in [0.15, 0.2) is 0 Å². The van der Waals surface area contributed by atoms with Crippen LogP contribution in [0.4, 0.5) is 0 Å². The molecule has 1 saturated carbocycles. The van der Waals surface area contributed by atoms with Crippen LogP contribution in [0, 0.1) is 5.41 Å². The topological polar surface area (TPSA) is 0 Å². The van der Waals surface area contributed by atoms with E-state index in [4.69, 9.17) is 23.2 Å². The Morgan fingerprint density at radius 2 is 2.29 bits per heavy atom. The van der Waals surface area contributed by atoms with Gasteiger partial charge in [-0.05, 0) is 11.8 Å². The number of hydrogen-bond acceptors (Lipinski definition) is 0. The van der Waals surface area contributed by atoms with E-state index in [-0.39, 0.29) is 5.41 Å². The van der Waals surface area contributed by atoms with Gasteiger partial charge in [0, 0.05) is 11.3 Å². The fraction of sp³-hybridized carbons (Fsp3) is 1.00. The lowest BCUT2D eigenvalue weighted by Gasteiger charge is -1.97. The van der Waals surface area contributed by atoms with Crippen LogP contribution in [-0.2, 0) is 0 Å². The highest BCUT2D eigenvalue weighted by atomic mass is 35.5. The predicted molar refractivity (Wildman–Crippen MR) is 33.1 cm³/mol. The highest BCUT2D eigenvalue weighted by Gasteiger charge is 2.47. The Labute approximate surface area is 53.8 Å². The van der Waals surface area contributed by atoms with E-state index in [0.29, 0.717) is 11.3 Å². The highest BCUT2D eigenvalue weighted by molar-refractivity contribution is 6.25. The Balaban J connectivity index is 2.36. The zero-order chi connectivity index (χ0) is 5.49. The molecule has 42 valence electrons. The number of rotatable bonds is 1. The second-order valence-corrected chi connectivity index (χ2v) is 3.25. The normalized spacial score (nSPS) is 49.3. The van der Waals surface area contributed by atoms with Gasteiger partial charge in [0.2, 0.25) is 0 Å². The summed E-state index contributed by atoms with van der Waals surface area (Å²) in [6.45, 7) is 2.11. The van der Waals surface area contributed by atoms with Crippen LogP contribution in [0.2, 0.25) is 0 Å². The van der Waals surface area contributed by atoms with E-state index in [9.17, 15) is 0 Å². The van der Waals surface area contributed by atoms with Gasteiger partial charge in [-0.3, -0.25) is 0 Å². The summed E-state index contributed by atoms with van der Waals surface area (Å²) in [6, 6.07) is 0. The van der Waals surface area contributed by atoms with Gasteiger partial charge >= 0.3 is 0 Å². The van der Waals surface area contributed by atoms with Crippen molar-refractivity contribution >= 4 is 23.2 Å². The molecule has 2 unspecified atom stereocenters. The van der Waals surface area contributed by atoms with Crippen molar-refractivity contribution in [3.05, 3.63) is 0 Å². The SMILES string of the molecule is CC1(CCl)CC1Cl. The van der Waals surface area contributed by atoms with Gasteiger partial charge in [-0.2, -0.15) is 0 Å². The zero-order valence-corrected chi connectivity index (χ0v) is 5.76. The Bertz CT molecular complexity index is 78.1. The Morgan fingerprint density at radius 3 is 2.29 bits per heavy atom. The molecule has 0 aromatic rings. The van der Waals surface area contributed by atoms with Gasteiger partial charge in [0.05, 0.1) is 0 Å². The van der Waals surface area contributed by atoms with Gasteiger partial charge in [0.1, 0.15) is 0 Å². The molecule has 0 N–H and O–H groups in total.